The van der Waals surface area contributed by atoms with Crippen molar-refractivity contribution < 1.29 is 14.6 Å². The van der Waals surface area contributed by atoms with Crippen LogP contribution in [-0.4, -0.2) is 11.1 Å². The molecule has 0 unspecified atom stereocenters. The van der Waals surface area contributed by atoms with Crippen molar-refractivity contribution in [3.8, 4) is 0 Å². The first-order valence-corrected chi connectivity index (χ1v) is 3.79. The fourth-order valence-corrected chi connectivity index (χ4v) is 1.00. The maximum absolute atomic E-state index is 10.7. The monoisotopic (exact) mass is 178 g/mol. The van der Waals surface area contributed by atoms with E-state index in [1.807, 2.05) is 0 Å². The number of ether oxygens (including phenoxy) is 1. The zero-order valence-electron chi connectivity index (χ0n) is 7.06. The van der Waals surface area contributed by atoms with Crippen molar-refractivity contribution >= 4 is 5.97 Å². The molecule has 1 rings (SSSR count). The lowest BCUT2D eigenvalue weighted by Gasteiger charge is -2.04. The van der Waals surface area contributed by atoms with Gasteiger partial charge in [0.25, 0.3) is 0 Å². The number of hydrogen-bond donors (Lipinski definition) is 1. The largest absolute Gasteiger partial charge is 0.497 e. The lowest BCUT2D eigenvalue weighted by atomic mass is 10.1. The minimum absolute atomic E-state index is 0.242. The van der Waals surface area contributed by atoms with Crippen molar-refractivity contribution in [1.29, 1.82) is 0 Å². The van der Waals surface area contributed by atoms with Crippen LogP contribution in [0.15, 0.2) is 37.1 Å². The second kappa shape index (κ2) is 4.30. The molecule has 0 bridgehead atoms. The summed E-state index contributed by atoms with van der Waals surface area (Å²) in [5.74, 6) is -0.941. The zero-order valence-corrected chi connectivity index (χ0v) is 7.06. The molecule has 0 spiro atoms. The number of aromatic carboxylic acids is 1. The van der Waals surface area contributed by atoms with Gasteiger partial charge in [-0.25, -0.2) is 4.79 Å². The Morgan fingerprint density at radius 2 is 2.23 bits per heavy atom. The van der Waals surface area contributed by atoms with Crippen LogP contribution in [0.2, 0.25) is 0 Å². The summed E-state index contributed by atoms with van der Waals surface area (Å²) in [6, 6.07) is 6.71. The van der Waals surface area contributed by atoms with E-state index in [0.29, 0.717) is 5.56 Å². The quantitative estimate of drug-likeness (QED) is 0.717. The first-order valence-electron chi connectivity index (χ1n) is 3.79. The zero-order chi connectivity index (χ0) is 9.68. The van der Waals surface area contributed by atoms with E-state index in [9.17, 15) is 4.79 Å². The molecule has 0 aromatic heterocycles. The Morgan fingerprint density at radius 1 is 1.54 bits per heavy atom. The Morgan fingerprint density at radius 3 is 2.85 bits per heavy atom. The van der Waals surface area contributed by atoms with Crippen molar-refractivity contribution in [3.63, 3.8) is 0 Å². The Balaban J connectivity index is 2.90. The fourth-order valence-electron chi connectivity index (χ4n) is 1.00. The van der Waals surface area contributed by atoms with Crippen LogP contribution in [0, 0.1) is 0 Å². The Labute approximate surface area is 76.3 Å². The lowest BCUT2D eigenvalue weighted by Crippen LogP contribution is -2.02. The SMILES string of the molecule is C=COCc1ccccc1C(=O)O. The highest BCUT2D eigenvalue weighted by molar-refractivity contribution is 5.89. The van der Waals surface area contributed by atoms with Gasteiger partial charge in [0.15, 0.2) is 0 Å². The van der Waals surface area contributed by atoms with Crippen LogP contribution in [0.4, 0.5) is 0 Å². The van der Waals surface area contributed by atoms with E-state index in [0.717, 1.165) is 0 Å². The number of hydrogen-bond acceptors (Lipinski definition) is 2. The number of carboxylic acids is 1. The first-order chi connectivity index (χ1) is 6.25. The number of carbonyl (C=O) groups is 1. The van der Waals surface area contributed by atoms with E-state index in [1.54, 1.807) is 24.3 Å². The van der Waals surface area contributed by atoms with Crippen LogP contribution in [-0.2, 0) is 11.3 Å². The average molecular weight is 178 g/mol. The highest BCUT2D eigenvalue weighted by Crippen LogP contribution is 2.09. The summed E-state index contributed by atoms with van der Waals surface area (Å²) in [5.41, 5.74) is 0.916. The van der Waals surface area contributed by atoms with E-state index >= 15 is 0 Å². The molecule has 0 saturated heterocycles. The van der Waals surface area contributed by atoms with Crippen molar-refractivity contribution in [1.82, 2.24) is 0 Å². The van der Waals surface area contributed by atoms with Crippen molar-refractivity contribution in [3.05, 3.63) is 48.2 Å². The van der Waals surface area contributed by atoms with Gasteiger partial charge in [0.1, 0.15) is 6.61 Å². The van der Waals surface area contributed by atoms with Crippen LogP contribution in [0.25, 0.3) is 0 Å². The predicted molar refractivity (Wildman–Crippen MR) is 48.4 cm³/mol. The van der Waals surface area contributed by atoms with E-state index in [-0.39, 0.29) is 12.2 Å². The standard InChI is InChI=1S/C10H10O3/c1-2-13-7-8-5-3-4-6-9(8)10(11)12/h2-6H,1,7H2,(H,11,12). The molecule has 0 aliphatic rings. The highest BCUT2D eigenvalue weighted by Gasteiger charge is 2.07. The number of rotatable bonds is 4. The van der Waals surface area contributed by atoms with E-state index in [2.05, 4.69) is 6.58 Å². The third-order valence-corrected chi connectivity index (χ3v) is 1.60. The van der Waals surface area contributed by atoms with Gasteiger partial charge in [-0.1, -0.05) is 24.8 Å². The van der Waals surface area contributed by atoms with Gasteiger partial charge in [-0.3, -0.25) is 0 Å². The number of benzene rings is 1. The second-order valence-corrected chi connectivity index (χ2v) is 2.44. The summed E-state index contributed by atoms with van der Waals surface area (Å²) < 4.78 is 4.91. The van der Waals surface area contributed by atoms with Gasteiger partial charge in [-0.05, 0) is 6.07 Å². The minimum Gasteiger partial charge on any atom is -0.497 e. The molecule has 1 N–H and O–H groups in total. The molecule has 1 aromatic carbocycles. The summed E-state index contributed by atoms with van der Waals surface area (Å²) in [6.45, 7) is 3.62. The third-order valence-electron chi connectivity index (χ3n) is 1.60. The van der Waals surface area contributed by atoms with Crippen LogP contribution >= 0.6 is 0 Å². The Kier molecular flexibility index (Phi) is 3.09. The van der Waals surface area contributed by atoms with Crippen LogP contribution in [0.1, 0.15) is 15.9 Å². The van der Waals surface area contributed by atoms with Gasteiger partial charge < -0.3 is 9.84 Å². The molecule has 68 valence electrons. The van der Waals surface area contributed by atoms with Gasteiger partial charge in [0.2, 0.25) is 0 Å². The minimum atomic E-state index is -0.941. The molecule has 1 aromatic rings. The van der Waals surface area contributed by atoms with Gasteiger partial charge in [0.05, 0.1) is 11.8 Å². The van der Waals surface area contributed by atoms with Crippen LogP contribution in [0.5, 0.6) is 0 Å². The number of carboxylic acid groups (broad SMARTS) is 1. The summed E-state index contributed by atoms with van der Waals surface area (Å²) >= 11 is 0. The maximum atomic E-state index is 10.7. The summed E-state index contributed by atoms with van der Waals surface area (Å²) in [6.07, 6.45) is 1.29. The van der Waals surface area contributed by atoms with Crippen molar-refractivity contribution in [2.75, 3.05) is 0 Å². The van der Waals surface area contributed by atoms with Gasteiger partial charge in [-0.2, -0.15) is 0 Å². The van der Waals surface area contributed by atoms with E-state index < -0.39 is 5.97 Å². The molecule has 0 aliphatic heterocycles. The fraction of sp³-hybridized carbons (Fsp3) is 0.100. The summed E-state index contributed by atoms with van der Waals surface area (Å²) in [5, 5.41) is 8.78. The third kappa shape index (κ3) is 2.33. The van der Waals surface area contributed by atoms with E-state index in [4.69, 9.17) is 9.84 Å². The van der Waals surface area contributed by atoms with E-state index in [1.165, 1.54) is 6.26 Å². The topological polar surface area (TPSA) is 46.5 Å². The Hall–Kier alpha value is -1.77. The molecule has 0 fully saturated rings. The predicted octanol–water partition coefficient (Wildman–Crippen LogP) is 2.04. The molecular weight excluding hydrogens is 168 g/mol. The van der Waals surface area contributed by atoms with Crippen molar-refractivity contribution in [2.45, 2.75) is 6.61 Å². The van der Waals surface area contributed by atoms with Gasteiger partial charge in [-0.15, -0.1) is 0 Å². The van der Waals surface area contributed by atoms with Gasteiger partial charge in [0, 0.05) is 5.56 Å². The Bertz CT molecular complexity index is 318. The normalized spacial score (nSPS) is 9.23. The van der Waals surface area contributed by atoms with Gasteiger partial charge >= 0.3 is 5.97 Å². The smallest absolute Gasteiger partial charge is 0.336 e. The molecule has 3 heteroatoms. The van der Waals surface area contributed by atoms with Crippen molar-refractivity contribution in [2.24, 2.45) is 0 Å². The molecule has 13 heavy (non-hydrogen) atoms. The highest BCUT2D eigenvalue weighted by atomic mass is 16.5. The molecular formula is C10H10O3. The molecule has 0 saturated carbocycles. The first kappa shape index (κ1) is 9.32. The molecule has 0 radical (unpaired) electrons. The summed E-state index contributed by atoms with van der Waals surface area (Å²) in [7, 11) is 0. The molecule has 0 heterocycles. The molecule has 0 aliphatic carbocycles. The molecule has 0 atom stereocenters. The van der Waals surface area contributed by atoms with Crippen LogP contribution in [0.3, 0.4) is 0 Å². The lowest BCUT2D eigenvalue weighted by molar-refractivity contribution is 0.0693. The maximum Gasteiger partial charge on any atom is 0.336 e. The molecule has 0 amide bonds. The van der Waals surface area contributed by atoms with Crippen LogP contribution < -0.4 is 0 Å². The average Bonchev–Trinajstić information content (AvgIpc) is 2.15. The summed E-state index contributed by atoms with van der Waals surface area (Å²) in [4.78, 5) is 10.7. The second-order valence-electron chi connectivity index (χ2n) is 2.44. The molecule has 3 nitrogen and oxygen atoms in total.